The third-order valence-corrected chi connectivity index (χ3v) is 10.00. The maximum Gasteiger partial charge on any atom is 0.228 e. The van der Waals surface area contributed by atoms with Gasteiger partial charge in [0.05, 0.1) is 39.0 Å². The number of fused-ring (bicyclic) bond motifs is 1. The lowest BCUT2D eigenvalue weighted by atomic mass is 10.3. The number of hydrogen-bond donors (Lipinski definition) is 0. The molecule has 9 nitrogen and oxygen atoms in total. The van der Waals surface area contributed by atoms with Crippen LogP contribution in [0.4, 0.5) is 9.52 Å². The zero-order chi connectivity index (χ0) is 26.6. The molecule has 0 N–H and O–H groups in total. The highest BCUT2D eigenvalue weighted by atomic mass is 32.2. The molecule has 2 aromatic carbocycles. The highest BCUT2D eigenvalue weighted by molar-refractivity contribution is 7.91. The highest BCUT2D eigenvalue weighted by Gasteiger charge is 2.23. The SMILES string of the molecule is CS(=O)(=O)c1ccc2nc(N(CCN3CCOCC3)C(=O)CCCS(=O)(=O)c3ccc(F)cc3)sc2c1. The predicted octanol–water partition coefficient (Wildman–Crippen LogP) is 2.76. The fraction of sp³-hybridized carbons (Fsp3) is 0.417. The molecular weight excluding hydrogens is 541 g/mol. The summed E-state index contributed by atoms with van der Waals surface area (Å²) in [5.74, 6) is -1.05. The Morgan fingerprint density at radius 2 is 1.76 bits per heavy atom. The molecule has 0 bridgehead atoms. The van der Waals surface area contributed by atoms with E-state index in [9.17, 15) is 26.0 Å². The molecular formula is C24H28FN3O6S3. The van der Waals surface area contributed by atoms with Gasteiger partial charge in [0.2, 0.25) is 5.91 Å². The van der Waals surface area contributed by atoms with E-state index in [1.807, 2.05) is 0 Å². The second-order valence-electron chi connectivity index (χ2n) is 8.77. The molecule has 1 aliphatic heterocycles. The van der Waals surface area contributed by atoms with Crippen molar-refractivity contribution in [2.24, 2.45) is 0 Å². The Balaban J connectivity index is 1.50. The van der Waals surface area contributed by atoms with Gasteiger partial charge in [-0.1, -0.05) is 11.3 Å². The molecule has 1 fully saturated rings. The molecule has 1 amide bonds. The van der Waals surface area contributed by atoms with Crippen LogP contribution in [0, 0.1) is 5.82 Å². The lowest BCUT2D eigenvalue weighted by Crippen LogP contribution is -2.43. The number of carbonyl (C=O) groups excluding carboxylic acids is 1. The van der Waals surface area contributed by atoms with E-state index in [1.165, 1.54) is 29.5 Å². The van der Waals surface area contributed by atoms with Crippen LogP contribution in [0.25, 0.3) is 10.2 Å². The molecule has 2 heterocycles. The average Bonchev–Trinajstić information content (AvgIpc) is 3.27. The van der Waals surface area contributed by atoms with E-state index in [0.29, 0.717) is 41.7 Å². The van der Waals surface area contributed by atoms with Gasteiger partial charge in [0.25, 0.3) is 0 Å². The van der Waals surface area contributed by atoms with E-state index >= 15 is 0 Å². The Morgan fingerprint density at radius 3 is 2.43 bits per heavy atom. The zero-order valence-corrected chi connectivity index (χ0v) is 22.7. The van der Waals surface area contributed by atoms with Crippen molar-refractivity contribution in [2.45, 2.75) is 22.6 Å². The summed E-state index contributed by atoms with van der Waals surface area (Å²) >= 11 is 1.22. The Kier molecular flexibility index (Phi) is 8.59. The highest BCUT2D eigenvalue weighted by Crippen LogP contribution is 2.31. The van der Waals surface area contributed by atoms with Gasteiger partial charge in [-0.25, -0.2) is 26.2 Å². The zero-order valence-electron chi connectivity index (χ0n) is 20.3. The second-order valence-corrected chi connectivity index (χ2v) is 13.9. The smallest absolute Gasteiger partial charge is 0.228 e. The van der Waals surface area contributed by atoms with Gasteiger partial charge in [-0.15, -0.1) is 0 Å². The normalized spacial score (nSPS) is 15.2. The van der Waals surface area contributed by atoms with E-state index in [4.69, 9.17) is 4.74 Å². The molecule has 1 aliphatic rings. The largest absolute Gasteiger partial charge is 0.379 e. The van der Waals surface area contributed by atoms with Crippen molar-refractivity contribution in [1.29, 1.82) is 0 Å². The van der Waals surface area contributed by atoms with Crippen LogP contribution < -0.4 is 4.90 Å². The number of benzene rings is 2. The topological polar surface area (TPSA) is 114 Å². The van der Waals surface area contributed by atoms with Gasteiger partial charge in [-0.05, 0) is 48.9 Å². The maximum atomic E-state index is 13.3. The first-order valence-corrected chi connectivity index (χ1v) is 16.1. The van der Waals surface area contributed by atoms with E-state index < -0.39 is 25.5 Å². The number of halogens is 1. The van der Waals surface area contributed by atoms with Crippen molar-refractivity contribution in [1.82, 2.24) is 9.88 Å². The van der Waals surface area contributed by atoms with Gasteiger partial charge in [0, 0.05) is 38.9 Å². The molecule has 1 saturated heterocycles. The molecule has 0 aliphatic carbocycles. The first-order valence-electron chi connectivity index (χ1n) is 11.7. The first kappa shape index (κ1) is 27.6. The van der Waals surface area contributed by atoms with Gasteiger partial charge < -0.3 is 4.74 Å². The van der Waals surface area contributed by atoms with Crippen molar-refractivity contribution in [3.05, 3.63) is 48.3 Å². The predicted molar refractivity (Wildman–Crippen MR) is 140 cm³/mol. The van der Waals surface area contributed by atoms with Crippen molar-refractivity contribution in [3.63, 3.8) is 0 Å². The number of aromatic nitrogens is 1. The molecule has 0 spiro atoms. The Morgan fingerprint density at radius 1 is 1.08 bits per heavy atom. The van der Waals surface area contributed by atoms with Crippen molar-refractivity contribution < 1.29 is 30.8 Å². The van der Waals surface area contributed by atoms with E-state index in [2.05, 4.69) is 9.88 Å². The Bertz CT molecular complexity index is 1470. The maximum absolute atomic E-state index is 13.3. The van der Waals surface area contributed by atoms with Crippen LogP contribution >= 0.6 is 11.3 Å². The van der Waals surface area contributed by atoms with Crippen molar-refractivity contribution in [2.75, 3.05) is 56.3 Å². The molecule has 1 aromatic heterocycles. The quantitative estimate of drug-likeness (QED) is 0.343. The lowest BCUT2D eigenvalue weighted by molar-refractivity contribution is -0.118. The van der Waals surface area contributed by atoms with E-state index in [1.54, 1.807) is 17.0 Å². The summed E-state index contributed by atoms with van der Waals surface area (Å²) in [6, 6.07) is 9.26. The summed E-state index contributed by atoms with van der Waals surface area (Å²) in [5, 5.41) is 0.431. The molecule has 4 rings (SSSR count). The van der Waals surface area contributed by atoms with E-state index in [-0.39, 0.29) is 34.3 Å². The summed E-state index contributed by atoms with van der Waals surface area (Å²) in [4.78, 5) is 21.8. The number of thiazole rings is 1. The molecule has 0 radical (unpaired) electrons. The number of hydrogen-bond acceptors (Lipinski definition) is 9. The molecule has 200 valence electrons. The molecule has 0 unspecified atom stereocenters. The molecule has 0 saturated carbocycles. The number of amides is 1. The summed E-state index contributed by atoms with van der Waals surface area (Å²) in [6.07, 6.45) is 1.21. The fourth-order valence-corrected chi connectivity index (χ4v) is 7.02. The average molecular weight is 570 g/mol. The molecule has 0 atom stereocenters. The van der Waals surface area contributed by atoms with Gasteiger partial charge in [-0.3, -0.25) is 14.6 Å². The summed E-state index contributed by atoms with van der Waals surface area (Å²) in [6.45, 7) is 3.66. The standard InChI is InChI=1S/C24H28FN3O6S3/c1-36(30,31)20-8-9-21-22(17-20)35-24(26-21)28(11-10-27-12-14-34-15-13-27)23(29)3-2-16-37(32,33)19-6-4-18(25)5-7-19/h4-9,17H,2-3,10-16H2,1H3. The third-order valence-electron chi connectivity index (χ3n) is 6.03. The molecule has 13 heteroatoms. The van der Waals surface area contributed by atoms with Crippen molar-refractivity contribution >= 4 is 52.3 Å². The first-order chi connectivity index (χ1) is 17.5. The molecule has 37 heavy (non-hydrogen) atoms. The second kappa shape index (κ2) is 11.5. The van der Waals surface area contributed by atoms with Crippen LogP contribution in [-0.4, -0.2) is 84.0 Å². The van der Waals surface area contributed by atoms with Gasteiger partial charge in [0.15, 0.2) is 24.8 Å². The Hall–Kier alpha value is -2.45. The lowest BCUT2D eigenvalue weighted by Gasteiger charge is -2.29. The minimum absolute atomic E-state index is 0.0124. The summed E-state index contributed by atoms with van der Waals surface area (Å²) < 4.78 is 68.3. The minimum atomic E-state index is -3.66. The van der Waals surface area contributed by atoms with Crippen LogP contribution in [0.2, 0.25) is 0 Å². The minimum Gasteiger partial charge on any atom is -0.379 e. The van der Waals surface area contributed by atoms with Crippen LogP contribution in [0.1, 0.15) is 12.8 Å². The van der Waals surface area contributed by atoms with Crippen molar-refractivity contribution in [3.8, 4) is 0 Å². The summed E-state index contributed by atoms with van der Waals surface area (Å²) in [5.41, 5.74) is 0.579. The number of nitrogens with zero attached hydrogens (tertiary/aromatic N) is 3. The summed E-state index contributed by atoms with van der Waals surface area (Å²) in [7, 11) is -7.06. The fourth-order valence-electron chi connectivity index (χ4n) is 3.94. The van der Waals surface area contributed by atoms with Gasteiger partial charge >= 0.3 is 0 Å². The number of anilines is 1. The monoisotopic (exact) mass is 569 g/mol. The van der Waals surface area contributed by atoms with Crippen LogP contribution in [0.15, 0.2) is 52.3 Å². The number of carbonyl (C=O) groups is 1. The van der Waals surface area contributed by atoms with Gasteiger partial charge in [-0.2, -0.15) is 0 Å². The number of sulfone groups is 2. The third kappa shape index (κ3) is 7.11. The van der Waals surface area contributed by atoms with E-state index in [0.717, 1.165) is 31.5 Å². The van der Waals surface area contributed by atoms with Crippen LogP contribution in [0.3, 0.4) is 0 Å². The van der Waals surface area contributed by atoms with Crippen LogP contribution in [0.5, 0.6) is 0 Å². The van der Waals surface area contributed by atoms with Crippen LogP contribution in [-0.2, 0) is 29.2 Å². The Labute approximate surface area is 219 Å². The molecule has 3 aromatic rings. The number of ether oxygens (including phenoxy) is 1. The number of rotatable bonds is 10. The van der Waals surface area contributed by atoms with Gasteiger partial charge in [0.1, 0.15) is 5.82 Å². The number of morpholine rings is 1.